The van der Waals surface area contributed by atoms with Crippen LogP contribution in [0.3, 0.4) is 0 Å². The van der Waals surface area contributed by atoms with Gasteiger partial charge in [0.05, 0.1) is 7.11 Å². The number of nitrogens with one attached hydrogen (secondary N) is 1. The van der Waals surface area contributed by atoms with Crippen molar-refractivity contribution in [3.8, 4) is 11.5 Å². The molecule has 2 rings (SSSR count). The molecule has 21 heavy (non-hydrogen) atoms. The first kappa shape index (κ1) is 15.7. The third-order valence-corrected chi connectivity index (χ3v) is 3.71. The minimum absolute atomic E-state index is 0.0954. The highest BCUT2D eigenvalue weighted by atomic mass is 32.1. The van der Waals surface area contributed by atoms with E-state index in [0.29, 0.717) is 17.9 Å². The molecule has 0 unspecified atom stereocenters. The molecular formula is C15H17F2NO2S. The predicted octanol–water partition coefficient (Wildman–Crippen LogP) is 3.69. The lowest BCUT2D eigenvalue weighted by Gasteiger charge is -2.14. The van der Waals surface area contributed by atoms with Crippen molar-refractivity contribution in [3.63, 3.8) is 0 Å². The Balaban J connectivity index is 1.95. The summed E-state index contributed by atoms with van der Waals surface area (Å²) < 4.78 is 34.6. The summed E-state index contributed by atoms with van der Waals surface area (Å²) in [6, 6.07) is 7.18. The summed E-state index contributed by atoms with van der Waals surface area (Å²) in [4.78, 5) is 0. The molecule has 0 atom stereocenters. The van der Waals surface area contributed by atoms with E-state index in [4.69, 9.17) is 4.74 Å². The van der Waals surface area contributed by atoms with Gasteiger partial charge in [-0.05, 0) is 41.4 Å². The Labute approximate surface area is 126 Å². The Morgan fingerprint density at radius 2 is 2.14 bits per heavy atom. The minimum Gasteiger partial charge on any atom is -0.493 e. The van der Waals surface area contributed by atoms with Crippen LogP contribution in [0, 0.1) is 0 Å². The first-order chi connectivity index (χ1) is 10.2. The van der Waals surface area contributed by atoms with Gasteiger partial charge >= 0.3 is 6.61 Å². The molecule has 1 heterocycles. The highest BCUT2D eigenvalue weighted by Crippen LogP contribution is 2.32. The van der Waals surface area contributed by atoms with Crippen LogP contribution in [0.25, 0.3) is 0 Å². The summed E-state index contributed by atoms with van der Waals surface area (Å²) in [6.45, 7) is -1.66. The average molecular weight is 313 g/mol. The molecule has 6 heteroatoms. The summed E-state index contributed by atoms with van der Waals surface area (Å²) in [5.74, 6) is 0.408. The molecule has 0 spiro atoms. The smallest absolute Gasteiger partial charge is 0.387 e. The lowest BCUT2D eigenvalue weighted by molar-refractivity contribution is -0.0518. The maximum absolute atomic E-state index is 12.5. The zero-order valence-electron chi connectivity index (χ0n) is 11.6. The van der Waals surface area contributed by atoms with E-state index in [1.54, 1.807) is 29.5 Å². The summed E-state index contributed by atoms with van der Waals surface area (Å²) in [6.07, 6.45) is 0.901. The predicted molar refractivity (Wildman–Crippen MR) is 79.4 cm³/mol. The van der Waals surface area contributed by atoms with Crippen LogP contribution in [0.4, 0.5) is 8.78 Å². The second-order valence-electron chi connectivity index (χ2n) is 4.39. The molecule has 1 aromatic carbocycles. The molecular weight excluding hydrogens is 296 g/mol. The number of benzene rings is 1. The van der Waals surface area contributed by atoms with E-state index in [0.717, 1.165) is 13.0 Å². The number of rotatable bonds is 8. The number of alkyl halides is 2. The quantitative estimate of drug-likeness (QED) is 0.754. The van der Waals surface area contributed by atoms with Crippen molar-refractivity contribution < 1.29 is 18.3 Å². The molecule has 0 radical (unpaired) electrons. The lowest BCUT2D eigenvalue weighted by Crippen LogP contribution is -2.18. The van der Waals surface area contributed by atoms with Crippen LogP contribution in [-0.4, -0.2) is 20.3 Å². The molecule has 1 aromatic heterocycles. The number of para-hydroxylation sites is 1. The van der Waals surface area contributed by atoms with Gasteiger partial charge in [-0.1, -0.05) is 12.1 Å². The maximum atomic E-state index is 12.5. The van der Waals surface area contributed by atoms with E-state index in [1.807, 2.05) is 5.38 Å². The summed E-state index contributed by atoms with van der Waals surface area (Å²) in [5, 5.41) is 7.36. The van der Waals surface area contributed by atoms with Gasteiger partial charge in [0, 0.05) is 12.1 Å². The highest BCUT2D eigenvalue weighted by molar-refractivity contribution is 7.07. The topological polar surface area (TPSA) is 30.5 Å². The molecule has 114 valence electrons. The SMILES string of the molecule is COc1cccc(CNCCc2ccsc2)c1OC(F)F. The Kier molecular flexibility index (Phi) is 5.95. The molecule has 0 fully saturated rings. The lowest BCUT2D eigenvalue weighted by atomic mass is 10.1. The molecule has 2 aromatic rings. The molecule has 1 N–H and O–H groups in total. The van der Waals surface area contributed by atoms with Crippen molar-refractivity contribution in [2.24, 2.45) is 0 Å². The van der Waals surface area contributed by atoms with Crippen LogP contribution in [0.2, 0.25) is 0 Å². The molecule has 0 aliphatic carbocycles. The average Bonchev–Trinajstić information content (AvgIpc) is 2.97. The van der Waals surface area contributed by atoms with Crippen LogP contribution in [0.5, 0.6) is 11.5 Å². The molecule has 0 saturated carbocycles. The van der Waals surface area contributed by atoms with Crippen LogP contribution in [0.1, 0.15) is 11.1 Å². The van der Waals surface area contributed by atoms with Gasteiger partial charge in [0.25, 0.3) is 0 Å². The van der Waals surface area contributed by atoms with Crippen molar-refractivity contribution in [1.82, 2.24) is 5.32 Å². The second kappa shape index (κ2) is 7.95. The van der Waals surface area contributed by atoms with Gasteiger partial charge in [0.1, 0.15) is 0 Å². The zero-order valence-corrected chi connectivity index (χ0v) is 12.5. The fourth-order valence-corrected chi connectivity index (χ4v) is 2.68. The van der Waals surface area contributed by atoms with Crippen molar-refractivity contribution in [2.75, 3.05) is 13.7 Å². The van der Waals surface area contributed by atoms with Crippen LogP contribution < -0.4 is 14.8 Å². The maximum Gasteiger partial charge on any atom is 0.387 e. The van der Waals surface area contributed by atoms with Gasteiger partial charge in [0.15, 0.2) is 11.5 Å². The summed E-state index contributed by atoms with van der Waals surface area (Å²) >= 11 is 1.66. The van der Waals surface area contributed by atoms with Gasteiger partial charge in [-0.2, -0.15) is 20.1 Å². The number of methoxy groups -OCH3 is 1. The van der Waals surface area contributed by atoms with Crippen LogP contribution in [0.15, 0.2) is 35.0 Å². The van der Waals surface area contributed by atoms with E-state index in [-0.39, 0.29) is 5.75 Å². The van der Waals surface area contributed by atoms with Gasteiger partial charge in [0.2, 0.25) is 0 Å². The van der Waals surface area contributed by atoms with E-state index in [9.17, 15) is 8.78 Å². The fourth-order valence-electron chi connectivity index (χ4n) is 1.97. The zero-order chi connectivity index (χ0) is 15.1. The normalized spacial score (nSPS) is 10.9. The van der Waals surface area contributed by atoms with E-state index < -0.39 is 6.61 Å². The monoisotopic (exact) mass is 313 g/mol. The van der Waals surface area contributed by atoms with Crippen LogP contribution >= 0.6 is 11.3 Å². The first-order valence-corrected chi connectivity index (χ1v) is 7.47. The number of hydrogen-bond acceptors (Lipinski definition) is 4. The number of halogens is 2. The second-order valence-corrected chi connectivity index (χ2v) is 5.17. The Morgan fingerprint density at radius 1 is 1.29 bits per heavy atom. The number of hydrogen-bond donors (Lipinski definition) is 1. The van der Waals surface area contributed by atoms with Crippen molar-refractivity contribution in [2.45, 2.75) is 19.6 Å². The van der Waals surface area contributed by atoms with Crippen LogP contribution in [-0.2, 0) is 13.0 Å². The standard InChI is InChI=1S/C15H17F2NO2S/c1-19-13-4-2-3-12(14(13)20-15(16)17)9-18-7-5-11-6-8-21-10-11/h2-4,6,8,10,15,18H,5,7,9H2,1H3. The number of thiophene rings is 1. The van der Waals surface area contributed by atoms with E-state index in [1.165, 1.54) is 12.7 Å². The largest absolute Gasteiger partial charge is 0.493 e. The van der Waals surface area contributed by atoms with E-state index >= 15 is 0 Å². The van der Waals surface area contributed by atoms with Crippen molar-refractivity contribution in [1.29, 1.82) is 0 Å². The minimum atomic E-state index is -2.87. The molecule has 0 amide bonds. The molecule has 3 nitrogen and oxygen atoms in total. The Morgan fingerprint density at radius 3 is 2.81 bits per heavy atom. The van der Waals surface area contributed by atoms with E-state index in [2.05, 4.69) is 21.5 Å². The summed E-state index contributed by atoms with van der Waals surface area (Å²) in [7, 11) is 1.43. The Hall–Kier alpha value is -1.66. The van der Waals surface area contributed by atoms with Gasteiger partial charge in [-0.15, -0.1) is 0 Å². The van der Waals surface area contributed by atoms with Gasteiger partial charge < -0.3 is 14.8 Å². The third-order valence-electron chi connectivity index (χ3n) is 2.97. The summed E-state index contributed by atoms with van der Waals surface area (Å²) in [5.41, 5.74) is 1.92. The first-order valence-electron chi connectivity index (χ1n) is 6.53. The highest BCUT2D eigenvalue weighted by Gasteiger charge is 2.14. The fraction of sp³-hybridized carbons (Fsp3) is 0.333. The molecule has 0 bridgehead atoms. The molecule has 0 aliphatic heterocycles. The van der Waals surface area contributed by atoms with Gasteiger partial charge in [-0.25, -0.2) is 0 Å². The Bertz CT molecular complexity index is 547. The van der Waals surface area contributed by atoms with Crippen molar-refractivity contribution in [3.05, 3.63) is 46.2 Å². The van der Waals surface area contributed by atoms with Gasteiger partial charge in [-0.3, -0.25) is 0 Å². The third kappa shape index (κ3) is 4.68. The molecule has 0 aliphatic rings. The number of ether oxygens (including phenoxy) is 2. The molecule has 0 saturated heterocycles. The van der Waals surface area contributed by atoms with Crippen molar-refractivity contribution >= 4 is 11.3 Å².